The summed E-state index contributed by atoms with van der Waals surface area (Å²) >= 11 is 0. The zero-order valence-electron chi connectivity index (χ0n) is 12.3. The maximum atomic E-state index is 12.1. The minimum Gasteiger partial charge on any atom is -0.479 e. The number of carbonyl (C=O) groups is 1. The molecule has 0 aromatic rings. The van der Waals surface area contributed by atoms with Crippen molar-refractivity contribution >= 4 is 5.97 Å². The molecule has 19 heavy (non-hydrogen) atoms. The Kier molecular flexibility index (Phi) is 2.97. The van der Waals surface area contributed by atoms with Crippen molar-refractivity contribution in [3.63, 3.8) is 0 Å². The van der Waals surface area contributed by atoms with Crippen molar-refractivity contribution in [3.05, 3.63) is 0 Å². The molecule has 4 aliphatic carbocycles. The van der Waals surface area contributed by atoms with Gasteiger partial charge in [-0.05, 0) is 62.2 Å². The maximum absolute atomic E-state index is 12.1. The molecule has 4 bridgehead atoms. The molecule has 4 fully saturated rings. The summed E-state index contributed by atoms with van der Waals surface area (Å²) in [6, 6.07) is 0. The zero-order chi connectivity index (χ0) is 13.8. The van der Waals surface area contributed by atoms with Gasteiger partial charge in [-0.1, -0.05) is 13.8 Å². The Morgan fingerprint density at radius 3 is 1.84 bits per heavy atom. The Morgan fingerprint density at radius 2 is 1.58 bits per heavy atom. The normalized spacial score (nSPS) is 43.5. The van der Waals surface area contributed by atoms with Crippen LogP contribution < -0.4 is 0 Å². The van der Waals surface area contributed by atoms with Crippen LogP contribution in [0.2, 0.25) is 0 Å². The second kappa shape index (κ2) is 4.21. The monoisotopic (exact) mass is 266 g/mol. The molecule has 0 saturated heterocycles. The number of carboxylic acids is 1. The van der Waals surface area contributed by atoms with Crippen LogP contribution in [0.1, 0.15) is 52.4 Å². The first-order valence-electron chi connectivity index (χ1n) is 7.72. The van der Waals surface area contributed by atoms with Crippen molar-refractivity contribution in [2.45, 2.75) is 58.0 Å². The van der Waals surface area contributed by atoms with Gasteiger partial charge in [0.25, 0.3) is 0 Å². The predicted octanol–water partition coefficient (Wildman–Crippen LogP) is 3.33. The smallest absolute Gasteiger partial charge is 0.336 e. The van der Waals surface area contributed by atoms with E-state index in [9.17, 15) is 9.90 Å². The molecular formula is C16H26O3. The Labute approximate surface area is 115 Å². The fraction of sp³-hybridized carbons (Fsp3) is 0.938. The highest BCUT2D eigenvalue weighted by Crippen LogP contribution is 2.65. The summed E-state index contributed by atoms with van der Waals surface area (Å²) in [6.45, 7) is 4.02. The number of carboxylic acid groups (broad SMARTS) is 1. The van der Waals surface area contributed by atoms with E-state index >= 15 is 0 Å². The lowest BCUT2D eigenvalue weighted by Gasteiger charge is -2.62. The van der Waals surface area contributed by atoms with Crippen molar-refractivity contribution in [2.75, 3.05) is 7.11 Å². The van der Waals surface area contributed by atoms with E-state index in [0.717, 1.165) is 37.0 Å². The summed E-state index contributed by atoms with van der Waals surface area (Å²) in [7, 11) is 1.60. The molecule has 1 unspecified atom stereocenters. The molecule has 108 valence electrons. The highest BCUT2D eigenvalue weighted by molar-refractivity contribution is 5.79. The summed E-state index contributed by atoms with van der Waals surface area (Å²) in [5, 5.41) is 9.93. The van der Waals surface area contributed by atoms with Gasteiger partial charge in [0.05, 0.1) is 0 Å². The average molecular weight is 266 g/mol. The van der Waals surface area contributed by atoms with Crippen molar-refractivity contribution in [2.24, 2.45) is 29.1 Å². The molecule has 0 radical (unpaired) electrons. The molecule has 1 N–H and O–H groups in total. The molecule has 0 aromatic heterocycles. The topological polar surface area (TPSA) is 46.5 Å². The van der Waals surface area contributed by atoms with Gasteiger partial charge in [0.1, 0.15) is 0 Å². The molecule has 0 spiro atoms. The van der Waals surface area contributed by atoms with Gasteiger partial charge in [0.15, 0.2) is 5.60 Å². The number of hydrogen-bond acceptors (Lipinski definition) is 2. The highest BCUT2D eigenvalue weighted by atomic mass is 16.5. The van der Waals surface area contributed by atoms with E-state index in [1.165, 1.54) is 19.3 Å². The third-order valence-electron chi connectivity index (χ3n) is 6.28. The first-order valence-corrected chi connectivity index (χ1v) is 7.72. The van der Waals surface area contributed by atoms with E-state index in [0.29, 0.717) is 0 Å². The summed E-state index contributed by atoms with van der Waals surface area (Å²) in [5.74, 6) is 1.52. The molecule has 0 heterocycles. The van der Waals surface area contributed by atoms with E-state index in [1.54, 1.807) is 7.11 Å². The quantitative estimate of drug-likeness (QED) is 0.849. The lowest BCUT2D eigenvalue weighted by Crippen LogP contribution is -2.65. The molecule has 1 atom stereocenters. The van der Waals surface area contributed by atoms with Crippen LogP contribution in [0.15, 0.2) is 0 Å². The molecule has 3 heteroatoms. The SMILES string of the molecule is COC(C(=O)O)(C(C)C)C12CC3CC(CC(C3)C1)C2. The third kappa shape index (κ3) is 1.63. The lowest BCUT2D eigenvalue weighted by atomic mass is 9.44. The molecule has 4 saturated carbocycles. The van der Waals surface area contributed by atoms with Crippen LogP contribution in [0.25, 0.3) is 0 Å². The molecule has 4 rings (SSSR count). The third-order valence-corrected chi connectivity index (χ3v) is 6.28. The Morgan fingerprint density at radius 1 is 1.16 bits per heavy atom. The van der Waals surface area contributed by atoms with Gasteiger partial charge >= 0.3 is 5.97 Å². The first kappa shape index (κ1) is 13.4. The van der Waals surface area contributed by atoms with E-state index in [4.69, 9.17) is 4.74 Å². The van der Waals surface area contributed by atoms with E-state index < -0.39 is 11.6 Å². The van der Waals surface area contributed by atoms with E-state index in [2.05, 4.69) is 0 Å². The van der Waals surface area contributed by atoms with Gasteiger partial charge in [0, 0.05) is 12.5 Å². The van der Waals surface area contributed by atoms with Crippen molar-refractivity contribution < 1.29 is 14.6 Å². The molecular weight excluding hydrogens is 240 g/mol. The number of hydrogen-bond donors (Lipinski definition) is 1. The lowest BCUT2D eigenvalue weighted by molar-refractivity contribution is -0.225. The molecule has 0 aliphatic heterocycles. The van der Waals surface area contributed by atoms with Gasteiger partial charge < -0.3 is 9.84 Å². The van der Waals surface area contributed by atoms with Crippen LogP contribution in [-0.4, -0.2) is 23.8 Å². The van der Waals surface area contributed by atoms with Gasteiger partial charge in [-0.3, -0.25) is 0 Å². The second-order valence-corrected chi connectivity index (χ2v) is 7.60. The van der Waals surface area contributed by atoms with Crippen LogP contribution in [0.4, 0.5) is 0 Å². The van der Waals surface area contributed by atoms with E-state index in [-0.39, 0.29) is 11.3 Å². The Bertz CT molecular complexity index is 352. The zero-order valence-corrected chi connectivity index (χ0v) is 12.3. The highest BCUT2D eigenvalue weighted by Gasteiger charge is 2.65. The van der Waals surface area contributed by atoms with Crippen LogP contribution in [-0.2, 0) is 9.53 Å². The number of aliphatic carboxylic acids is 1. The molecule has 0 aromatic carbocycles. The standard InChI is InChI=1S/C16H26O3/c1-10(2)16(19-3,14(17)18)15-7-11-4-12(8-15)6-13(5-11)9-15/h10-13H,4-9H2,1-3H3,(H,17,18). The van der Waals surface area contributed by atoms with Crippen molar-refractivity contribution in [3.8, 4) is 0 Å². The fourth-order valence-electron chi connectivity index (χ4n) is 6.19. The number of ether oxygens (including phenoxy) is 1. The van der Waals surface area contributed by atoms with Crippen LogP contribution in [0.5, 0.6) is 0 Å². The number of methoxy groups -OCH3 is 1. The predicted molar refractivity (Wildman–Crippen MR) is 72.8 cm³/mol. The van der Waals surface area contributed by atoms with Crippen LogP contribution >= 0.6 is 0 Å². The van der Waals surface area contributed by atoms with Gasteiger partial charge in [-0.2, -0.15) is 0 Å². The van der Waals surface area contributed by atoms with Gasteiger partial charge in [-0.15, -0.1) is 0 Å². The molecule has 0 amide bonds. The maximum Gasteiger partial charge on any atom is 0.336 e. The average Bonchev–Trinajstić information content (AvgIpc) is 2.26. The van der Waals surface area contributed by atoms with Gasteiger partial charge in [0.2, 0.25) is 0 Å². The Hall–Kier alpha value is -0.570. The summed E-state index contributed by atoms with van der Waals surface area (Å²) in [4.78, 5) is 12.1. The van der Waals surface area contributed by atoms with Crippen molar-refractivity contribution in [1.29, 1.82) is 0 Å². The first-order chi connectivity index (χ1) is 8.93. The minimum absolute atomic E-state index is 0.0197. The van der Waals surface area contributed by atoms with Gasteiger partial charge in [-0.25, -0.2) is 4.79 Å². The van der Waals surface area contributed by atoms with Crippen molar-refractivity contribution in [1.82, 2.24) is 0 Å². The minimum atomic E-state index is -0.983. The molecule has 3 nitrogen and oxygen atoms in total. The fourth-order valence-corrected chi connectivity index (χ4v) is 6.19. The Balaban J connectivity index is 2.04. The van der Waals surface area contributed by atoms with Crippen LogP contribution in [0, 0.1) is 29.1 Å². The van der Waals surface area contributed by atoms with E-state index in [1.807, 2.05) is 13.8 Å². The van der Waals surface area contributed by atoms with Crippen LogP contribution in [0.3, 0.4) is 0 Å². The number of rotatable bonds is 4. The summed E-state index contributed by atoms with van der Waals surface area (Å²) in [6.07, 6.45) is 7.19. The second-order valence-electron chi connectivity index (χ2n) is 7.60. The molecule has 4 aliphatic rings. The summed E-state index contributed by atoms with van der Waals surface area (Å²) < 4.78 is 5.75. The summed E-state index contributed by atoms with van der Waals surface area (Å²) in [5.41, 5.74) is -1.10. The largest absolute Gasteiger partial charge is 0.479 e.